The molecule has 2 N–H and O–H groups in total. The van der Waals surface area contributed by atoms with E-state index in [9.17, 15) is 9.59 Å². The summed E-state index contributed by atoms with van der Waals surface area (Å²) < 4.78 is 0. The van der Waals surface area contributed by atoms with Gasteiger partial charge in [-0.25, -0.2) is 0 Å². The fraction of sp³-hybridized carbons (Fsp3) is 0.857. The number of hydrogen-bond donors (Lipinski definition) is 2. The second kappa shape index (κ2) is 7.31. The second-order valence-electron chi connectivity index (χ2n) is 5.67. The van der Waals surface area contributed by atoms with Gasteiger partial charge in [0.15, 0.2) is 0 Å². The Bertz CT molecular complexity index is 352. The number of likely N-dealkylation sites (N-methyl/N-ethyl adjacent to an activating group) is 1. The number of carbonyl (C=O) groups excluding carboxylic acids is 1. The molecule has 1 heterocycles. The van der Waals surface area contributed by atoms with E-state index in [1.54, 1.807) is 0 Å². The summed E-state index contributed by atoms with van der Waals surface area (Å²) >= 11 is 1.93. The Labute approximate surface area is 124 Å². The summed E-state index contributed by atoms with van der Waals surface area (Å²) in [5.74, 6) is 1.80. The van der Waals surface area contributed by atoms with Crippen molar-refractivity contribution < 1.29 is 14.7 Å². The summed E-state index contributed by atoms with van der Waals surface area (Å²) in [7, 11) is 0. The summed E-state index contributed by atoms with van der Waals surface area (Å²) in [6.45, 7) is 2.83. The van der Waals surface area contributed by atoms with Crippen LogP contribution in [-0.4, -0.2) is 58.6 Å². The third-order valence-corrected chi connectivity index (χ3v) is 5.36. The van der Waals surface area contributed by atoms with E-state index in [-0.39, 0.29) is 24.4 Å². The van der Waals surface area contributed by atoms with Gasteiger partial charge < -0.3 is 10.4 Å². The summed E-state index contributed by atoms with van der Waals surface area (Å²) in [6.07, 6.45) is 3.75. The Hall–Kier alpha value is -0.750. The number of thioether (sulfide) groups is 1. The molecule has 1 amide bonds. The molecule has 0 unspecified atom stereocenters. The van der Waals surface area contributed by atoms with Gasteiger partial charge in [-0.2, -0.15) is 11.8 Å². The molecule has 1 saturated heterocycles. The van der Waals surface area contributed by atoms with E-state index in [4.69, 9.17) is 5.11 Å². The predicted molar refractivity (Wildman–Crippen MR) is 79.9 cm³/mol. The minimum absolute atomic E-state index is 0.0989. The van der Waals surface area contributed by atoms with Gasteiger partial charge in [0.05, 0.1) is 6.54 Å². The highest BCUT2D eigenvalue weighted by molar-refractivity contribution is 7.99. The fourth-order valence-electron chi connectivity index (χ4n) is 2.96. The molecule has 0 aromatic heterocycles. The molecule has 1 saturated carbocycles. The average Bonchev–Trinajstić information content (AvgIpc) is 2.40. The van der Waals surface area contributed by atoms with Gasteiger partial charge in [0.2, 0.25) is 5.91 Å². The molecular formula is C14H24N2O3S. The number of rotatable bonds is 6. The highest BCUT2D eigenvalue weighted by Gasteiger charge is 2.35. The first-order valence-corrected chi connectivity index (χ1v) is 8.59. The Morgan fingerprint density at radius 3 is 2.50 bits per heavy atom. The largest absolute Gasteiger partial charge is 0.480 e. The van der Waals surface area contributed by atoms with Gasteiger partial charge in [0, 0.05) is 18.0 Å². The lowest BCUT2D eigenvalue weighted by atomic mass is 9.84. The van der Waals surface area contributed by atoms with Gasteiger partial charge in [0.25, 0.3) is 0 Å². The van der Waals surface area contributed by atoms with Crippen LogP contribution in [0, 0.1) is 5.92 Å². The standard InChI is InChI=1S/C14H24N2O3S/c1-2-16(9-13(17)18)12-7-11(8-12)15-14(19)10-3-5-20-6-4-10/h10-12H,2-9H2,1H3,(H,15,19)(H,17,18). The van der Waals surface area contributed by atoms with Gasteiger partial charge >= 0.3 is 5.97 Å². The van der Waals surface area contributed by atoms with Gasteiger partial charge in [-0.05, 0) is 43.7 Å². The zero-order valence-corrected chi connectivity index (χ0v) is 12.8. The molecule has 1 aliphatic carbocycles. The van der Waals surface area contributed by atoms with E-state index in [2.05, 4.69) is 5.32 Å². The Balaban J connectivity index is 1.70. The van der Waals surface area contributed by atoms with Crippen molar-refractivity contribution in [1.29, 1.82) is 0 Å². The molecular weight excluding hydrogens is 276 g/mol. The van der Waals surface area contributed by atoms with Crippen LogP contribution in [0.3, 0.4) is 0 Å². The van der Waals surface area contributed by atoms with Gasteiger partial charge in [0.1, 0.15) is 0 Å². The number of hydrogen-bond acceptors (Lipinski definition) is 4. The SMILES string of the molecule is CCN(CC(=O)O)C1CC(NC(=O)C2CCSCC2)C1. The molecule has 2 fully saturated rings. The van der Waals surface area contributed by atoms with Crippen LogP contribution in [0.1, 0.15) is 32.6 Å². The van der Waals surface area contributed by atoms with Crippen molar-refractivity contribution in [2.75, 3.05) is 24.6 Å². The Kier molecular flexibility index (Phi) is 5.72. The number of nitrogens with one attached hydrogen (secondary N) is 1. The highest BCUT2D eigenvalue weighted by atomic mass is 32.2. The number of carboxylic acids is 1. The number of amides is 1. The van der Waals surface area contributed by atoms with Crippen molar-refractivity contribution in [3.05, 3.63) is 0 Å². The molecule has 0 spiro atoms. The van der Waals surface area contributed by atoms with E-state index in [0.29, 0.717) is 6.04 Å². The Morgan fingerprint density at radius 2 is 1.95 bits per heavy atom. The smallest absolute Gasteiger partial charge is 0.317 e. The van der Waals surface area contributed by atoms with Crippen molar-refractivity contribution >= 4 is 23.6 Å². The van der Waals surface area contributed by atoms with E-state index < -0.39 is 5.97 Å². The predicted octanol–water partition coefficient (Wildman–Crippen LogP) is 1.18. The van der Waals surface area contributed by atoms with Gasteiger partial charge in [-0.1, -0.05) is 6.92 Å². The van der Waals surface area contributed by atoms with E-state index in [1.807, 2.05) is 23.6 Å². The van der Waals surface area contributed by atoms with Crippen LogP contribution in [0.25, 0.3) is 0 Å². The van der Waals surface area contributed by atoms with E-state index in [1.165, 1.54) is 0 Å². The molecule has 0 radical (unpaired) electrons. The number of aliphatic carboxylic acids is 1. The van der Waals surface area contributed by atoms with Crippen LogP contribution < -0.4 is 5.32 Å². The third-order valence-electron chi connectivity index (χ3n) is 4.31. The zero-order chi connectivity index (χ0) is 14.5. The summed E-state index contributed by atoms with van der Waals surface area (Å²) in [4.78, 5) is 24.8. The van der Waals surface area contributed by atoms with Crippen molar-refractivity contribution in [2.45, 2.75) is 44.7 Å². The van der Waals surface area contributed by atoms with Crippen LogP contribution >= 0.6 is 11.8 Å². The first-order valence-electron chi connectivity index (χ1n) is 7.44. The van der Waals surface area contributed by atoms with Gasteiger partial charge in [-0.3, -0.25) is 14.5 Å². The molecule has 0 bridgehead atoms. The topological polar surface area (TPSA) is 69.6 Å². The molecule has 0 aromatic carbocycles. The molecule has 5 nitrogen and oxygen atoms in total. The molecule has 114 valence electrons. The van der Waals surface area contributed by atoms with Crippen LogP contribution in [0.2, 0.25) is 0 Å². The van der Waals surface area contributed by atoms with Crippen molar-refractivity contribution in [3.63, 3.8) is 0 Å². The quantitative estimate of drug-likeness (QED) is 0.771. The van der Waals surface area contributed by atoms with E-state index in [0.717, 1.165) is 43.7 Å². The zero-order valence-electron chi connectivity index (χ0n) is 12.0. The normalized spacial score (nSPS) is 27.1. The number of carbonyl (C=O) groups is 2. The number of carboxylic acid groups (broad SMARTS) is 1. The molecule has 2 aliphatic rings. The summed E-state index contributed by atoms with van der Waals surface area (Å²) in [6, 6.07) is 0.549. The third kappa shape index (κ3) is 4.12. The number of nitrogens with zero attached hydrogens (tertiary/aromatic N) is 1. The van der Waals surface area contributed by atoms with Crippen LogP contribution in [0.15, 0.2) is 0 Å². The maximum absolute atomic E-state index is 12.1. The lowest BCUT2D eigenvalue weighted by molar-refractivity contribution is -0.140. The highest BCUT2D eigenvalue weighted by Crippen LogP contribution is 2.27. The lowest BCUT2D eigenvalue weighted by Gasteiger charge is -2.42. The van der Waals surface area contributed by atoms with Crippen molar-refractivity contribution in [3.8, 4) is 0 Å². The van der Waals surface area contributed by atoms with Crippen molar-refractivity contribution in [2.24, 2.45) is 5.92 Å². The second-order valence-corrected chi connectivity index (χ2v) is 6.90. The minimum atomic E-state index is -0.779. The first kappa shape index (κ1) is 15.6. The lowest BCUT2D eigenvalue weighted by Crippen LogP contribution is -2.55. The summed E-state index contributed by atoms with van der Waals surface area (Å²) in [5, 5.41) is 12.0. The van der Waals surface area contributed by atoms with Gasteiger partial charge in [-0.15, -0.1) is 0 Å². The van der Waals surface area contributed by atoms with E-state index >= 15 is 0 Å². The average molecular weight is 300 g/mol. The fourth-order valence-corrected chi connectivity index (χ4v) is 4.06. The molecule has 20 heavy (non-hydrogen) atoms. The molecule has 1 aliphatic heterocycles. The maximum atomic E-state index is 12.1. The monoisotopic (exact) mass is 300 g/mol. The molecule has 6 heteroatoms. The van der Waals surface area contributed by atoms with Crippen LogP contribution in [0.5, 0.6) is 0 Å². The molecule has 2 rings (SSSR count). The summed E-state index contributed by atoms with van der Waals surface area (Å²) in [5.41, 5.74) is 0. The molecule has 0 atom stereocenters. The van der Waals surface area contributed by atoms with Crippen LogP contribution in [-0.2, 0) is 9.59 Å². The minimum Gasteiger partial charge on any atom is -0.480 e. The first-order chi connectivity index (χ1) is 9.60. The molecule has 0 aromatic rings. The Morgan fingerprint density at radius 1 is 1.30 bits per heavy atom. The van der Waals surface area contributed by atoms with Crippen LogP contribution in [0.4, 0.5) is 0 Å². The maximum Gasteiger partial charge on any atom is 0.317 e. The van der Waals surface area contributed by atoms with Crippen molar-refractivity contribution in [1.82, 2.24) is 10.2 Å².